The zero-order valence-corrected chi connectivity index (χ0v) is 13.9. The molecule has 1 atom stereocenters. The maximum absolute atomic E-state index is 12.9. The number of methoxy groups -OCH3 is 1. The maximum atomic E-state index is 12.9. The fourth-order valence-corrected chi connectivity index (χ4v) is 4.81. The van der Waals surface area contributed by atoms with Gasteiger partial charge in [-0.15, -0.1) is 0 Å². The highest BCUT2D eigenvalue weighted by Gasteiger charge is 2.32. The van der Waals surface area contributed by atoms with Gasteiger partial charge in [-0.3, -0.25) is 0 Å². The van der Waals surface area contributed by atoms with E-state index in [9.17, 15) is 8.42 Å². The summed E-state index contributed by atoms with van der Waals surface area (Å²) in [4.78, 5) is 0. The van der Waals surface area contributed by atoms with Gasteiger partial charge in [0, 0.05) is 39.3 Å². The number of rotatable bonds is 7. The second-order valence-electron chi connectivity index (χ2n) is 5.97. The van der Waals surface area contributed by atoms with Gasteiger partial charge in [0.15, 0.2) is 0 Å². The Morgan fingerprint density at radius 1 is 1.19 bits per heavy atom. The van der Waals surface area contributed by atoms with Gasteiger partial charge in [-0.1, -0.05) is 12.8 Å². The second-order valence-corrected chi connectivity index (χ2v) is 7.89. The van der Waals surface area contributed by atoms with Gasteiger partial charge in [0.25, 0.3) is 10.2 Å². The maximum Gasteiger partial charge on any atom is 0.282 e. The third kappa shape index (κ3) is 4.89. The molecule has 0 aliphatic carbocycles. The van der Waals surface area contributed by atoms with Crippen molar-refractivity contribution in [2.45, 2.75) is 44.6 Å². The summed E-state index contributed by atoms with van der Waals surface area (Å²) >= 11 is 0. The predicted octanol–water partition coefficient (Wildman–Crippen LogP) is 0.808. The van der Waals surface area contributed by atoms with Crippen LogP contribution in [0.3, 0.4) is 0 Å². The van der Waals surface area contributed by atoms with Gasteiger partial charge in [0.2, 0.25) is 0 Å². The number of ether oxygens (including phenoxy) is 1. The summed E-state index contributed by atoms with van der Waals surface area (Å²) in [5.74, 6) is 0. The molecule has 7 heteroatoms. The molecule has 0 bridgehead atoms. The molecule has 21 heavy (non-hydrogen) atoms. The lowest BCUT2D eigenvalue weighted by Crippen LogP contribution is -2.49. The minimum absolute atomic E-state index is 0.281. The summed E-state index contributed by atoms with van der Waals surface area (Å²) in [6, 6.07) is 0.281. The Morgan fingerprint density at radius 3 is 2.48 bits per heavy atom. The second kappa shape index (κ2) is 8.43. The number of hydrogen-bond donors (Lipinski definition) is 1. The lowest BCUT2D eigenvalue weighted by molar-refractivity contribution is 0.172. The Kier molecular flexibility index (Phi) is 6.88. The average Bonchev–Trinajstić information content (AvgIpc) is 2.82. The number of hydrogen-bond acceptors (Lipinski definition) is 4. The fourth-order valence-electron chi connectivity index (χ4n) is 3.09. The SMILES string of the molecule is COCCN(CC1CCCN1)S(=O)(=O)N1CCCCCC1. The van der Waals surface area contributed by atoms with Crippen LogP contribution in [0, 0.1) is 0 Å². The molecule has 2 aliphatic heterocycles. The molecule has 1 N–H and O–H groups in total. The Morgan fingerprint density at radius 2 is 1.90 bits per heavy atom. The monoisotopic (exact) mass is 319 g/mol. The van der Waals surface area contributed by atoms with E-state index in [4.69, 9.17) is 4.74 Å². The molecule has 2 saturated heterocycles. The standard InChI is InChI=1S/C14H29N3O3S/c1-20-12-11-17(13-14-7-6-8-15-14)21(18,19)16-9-4-2-3-5-10-16/h14-15H,2-13H2,1H3. The van der Waals surface area contributed by atoms with E-state index >= 15 is 0 Å². The molecule has 2 rings (SSSR count). The minimum atomic E-state index is -3.36. The number of nitrogens with one attached hydrogen (secondary N) is 1. The van der Waals surface area contributed by atoms with Crippen molar-refractivity contribution in [1.82, 2.24) is 13.9 Å². The van der Waals surface area contributed by atoms with Gasteiger partial charge in [0.1, 0.15) is 0 Å². The minimum Gasteiger partial charge on any atom is -0.383 e. The van der Waals surface area contributed by atoms with E-state index in [-0.39, 0.29) is 6.04 Å². The van der Waals surface area contributed by atoms with E-state index in [2.05, 4.69) is 5.32 Å². The Hall–Kier alpha value is -0.210. The molecule has 0 radical (unpaired) electrons. The summed E-state index contributed by atoms with van der Waals surface area (Å²) < 4.78 is 34.2. The van der Waals surface area contributed by atoms with E-state index in [0.29, 0.717) is 32.8 Å². The lowest BCUT2D eigenvalue weighted by Gasteiger charge is -2.30. The van der Waals surface area contributed by atoms with Crippen LogP contribution in [0.25, 0.3) is 0 Å². The summed E-state index contributed by atoms with van der Waals surface area (Å²) in [5.41, 5.74) is 0. The molecule has 2 heterocycles. The number of nitrogens with zero attached hydrogens (tertiary/aromatic N) is 2. The molecule has 124 valence electrons. The Bertz CT molecular complexity index is 388. The molecule has 6 nitrogen and oxygen atoms in total. The molecule has 1 unspecified atom stereocenters. The van der Waals surface area contributed by atoms with Gasteiger partial charge in [-0.05, 0) is 32.2 Å². The van der Waals surface area contributed by atoms with Gasteiger partial charge < -0.3 is 10.1 Å². The first-order chi connectivity index (χ1) is 10.1. The smallest absolute Gasteiger partial charge is 0.282 e. The van der Waals surface area contributed by atoms with Gasteiger partial charge in [-0.25, -0.2) is 0 Å². The first kappa shape index (κ1) is 17.1. The quantitative estimate of drug-likeness (QED) is 0.754. The average molecular weight is 319 g/mol. The molecule has 0 aromatic heterocycles. The summed E-state index contributed by atoms with van der Waals surface area (Å²) in [7, 11) is -1.74. The fraction of sp³-hybridized carbons (Fsp3) is 1.00. The molecule has 0 aromatic rings. The molecular formula is C14H29N3O3S. The van der Waals surface area contributed by atoms with E-state index in [1.165, 1.54) is 0 Å². The van der Waals surface area contributed by atoms with E-state index in [1.54, 1.807) is 15.7 Å². The highest BCUT2D eigenvalue weighted by atomic mass is 32.2. The topological polar surface area (TPSA) is 61.9 Å². The summed E-state index contributed by atoms with van der Waals surface area (Å²) in [5, 5.41) is 3.39. The largest absolute Gasteiger partial charge is 0.383 e. The molecule has 0 aromatic carbocycles. The van der Waals surface area contributed by atoms with E-state index in [1.807, 2.05) is 0 Å². The molecule has 0 saturated carbocycles. The molecule has 0 spiro atoms. The van der Waals surface area contributed by atoms with Crippen LogP contribution in [0.1, 0.15) is 38.5 Å². The van der Waals surface area contributed by atoms with Crippen molar-refractivity contribution in [1.29, 1.82) is 0 Å². The zero-order chi connectivity index (χ0) is 15.1. The van der Waals surface area contributed by atoms with Crippen LogP contribution in [0.15, 0.2) is 0 Å². The van der Waals surface area contributed by atoms with E-state index < -0.39 is 10.2 Å². The molecule has 2 fully saturated rings. The van der Waals surface area contributed by atoms with Crippen LogP contribution < -0.4 is 5.32 Å². The third-order valence-electron chi connectivity index (χ3n) is 4.35. The third-order valence-corrected chi connectivity index (χ3v) is 6.35. The van der Waals surface area contributed by atoms with Crippen LogP contribution in [0.2, 0.25) is 0 Å². The highest BCUT2D eigenvalue weighted by Crippen LogP contribution is 2.18. The van der Waals surface area contributed by atoms with Crippen molar-refractivity contribution >= 4 is 10.2 Å². The van der Waals surface area contributed by atoms with Crippen molar-refractivity contribution in [2.75, 3.05) is 46.4 Å². The van der Waals surface area contributed by atoms with Crippen LogP contribution in [-0.2, 0) is 14.9 Å². The zero-order valence-electron chi connectivity index (χ0n) is 13.1. The van der Waals surface area contributed by atoms with Gasteiger partial charge >= 0.3 is 0 Å². The van der Waals surface area contributed by atoms with Crippen molar-refractivity contribution in [3.63, 3.8) is 0 Å². The Labute approximate surface area is 129 Å². The van der Waals surface area contributed by atoms with Crippen LogP contribution in [-0.4, -0.2) is 69.5 Å². The van der Waals surface area contributed by atoms with Crippen LogP contribution in [0.4, 0.5) is 0 Å². The molecular weight excluding hydrogens is 290 g/mol. The summed E-state index contributed by atoms with van der Waals surface area (Å²) in [6.07, 6.45) is 6.39. The first-order valence-corrected chi connectivity index (χ1v) is 9.52. The predicted molar refractivity (Wildman–Crippen MR) is 83.4 cm³/mol. The molecule has 2 aliphatic rings. The molecule has 0 amide bonds. The highest BCUT2D eigenvalue weighted by molar-refractivity contribution is 7.86. The van der Waals surface area contributed by atoms with Crippen molar-refractivity contribution in [2.24, 2.45) is 0 Å². The Balaban J connectivity index is 2.04. The first-order valence-electron chi connectivity index (χ1n) is 8.12. The van der Waals surface area contributed by atoms with Gasteiger partial charge in [-0.2, -0.15) is 17.0 Å². The van der Waals surface area contributed by atoms with Crippen molar-refractivity contribution < 1.29 is 13.2 Å². The van der Waals surface area contributed by atoms with Crippen LogP contribution >= 0.6 is 0 Å². The van der Waals surface area contributed by atoms with E-state index in [0.717, 1.165) is 45.1 Å². The van der Waals surface area contributed by atoms with Crippen molar-refractivity contribution in [3.05, 3.63) is 0 Å². The van der Waals surface area contributed by atoms with Crippen molar-refractivity contribution in [3.8, 4) is 0 Å². The van der Waals surface area contributed by atoms with Crippen LogP contribution in [0.5, 0.6) is 0 Å². The normalized spacial score (nSPS) is 25.3. The summed E-state index contributed by atoms with van der Waals surface area (Å²) in [6.45, 7) is 3.75. The van der Waals surface area contributed by atoms with Gasteiger partial charge in [0.05, 0.1) is 6.61 Å². The lowest BCUT2D eigenvalue weighted by atomic mass is 10.2.